The lowest BCUT2D eigenvalue weighted by Gasteiger charge is -2.26. The van der Waals surface area contributed by atoms with Gasteiger partial charge in [-0.15, -0.1) is 11.3 Å². The Morgan fingerprint density at radius 3 is 2.50 bits per heavy atom. The highest BCUT2D eigenvalue weighted by Crippen LogP contribution is 2.30. The fourth-order valence-corrected chi connectivity index (χ4v) is 6.83. The fourth-order valence-electron chi connectivity index (χ4n) is 2.18. The number of hydrogen-bond acceptors (Lipinski definition) is 6. The summed E-state index contributed by atoms with van der Waals surface area (Å²) in [6.07, 6.45) is 0. The first-order valence-corrected chi connectivity index (χ1v) is 10.3. The third-order valence-electron chi connectivity index (χ3n) is 3.23. The van der Waals surface area contributed by atoms with Crippen LogP contribution in [0.2, 0.25) is 0 Å². The van der Waals surface area contributed by atoms with Crippen molar-refractivity contribution in [1.29, 1.82) is 0 Å². The molecule has 1 saturated heterocycles. The van der Waals surface area contributed by atoms with Gasteiger partial charge in [0.2, 0.25) is 10.0 Å². The molecule has 0 unspecified atom stereocenters. The van der Waals surface area contributed by atoms with Crippen molar-refractivity contribution in [2.24, 2.45) is 0 Å². The highest BCUT2D eigenvalue weighted by atomic mass is 32.2. The van der Waals surface area contributed by atoms with E-state index in [1.807, 2.05) is 5.38 Å². The van der Waals surface area contributed by atoms with Crippen molar-refractivity contribution in [2.45, 2.75) is 18.4 Å². The van der Waals surface area contributed by atoms with Crippen LogP contribution in [0.25, 0.3) is 0 Å². The summed E-state index contributed by atoms with van der Waals surface area (Å²) in [4.78, 5) is 1.09. The van der Waals surface area contributed by atoms with Crippen molar-refractivity contribution in [1.82, 2.24) is 9.62 Å². The van der Waals surface area contributed by atoms with E-state index >= 15 is 0 Å². The standard InChI is InChI=1S/C11H18N2O4S3/c1-9-8-18-10(7-12-2)11(9)20(16,17)13-3-5-19(14,15)6-4-13/h8,12H,3-7H2,1-2H3. The second-order valence-electron chi connectivity index (χ2n) is 4.76. The number of sulfone groups is 1. The minimum absolute atomic E-state index is 0.0406. The quantitative estimate of drug-likeness (QED) is 0.848. The van der Waals surface area contributed by atoms with E-state index in [0.29, 0.717) is 17.0 Å². The van der Waals surface area contributed by atoms with Gasteiger partial charge in [-0.3, -0.25) is 0 Å². The molecule has 1 aromatic heterocycles. The number of sulfonamides is 1. The van der Waals surface area contributed by atoms with E-state index in [4.69, 9.17) is 0 Å². The van der Waals surface area contributed by atoms with Gasteiger partial charge in [-0.25, -0.2) is 16.8 Å². The Labute approximate surface area is 123 Å². The number of nitrogens with zero attached hydrogens (tertiary/aromatic N) is 1. The SMILES string of the molecule is CNCc1scc(C)c1S(=O)(=O)N1CCS(=O)(=O)CC1. The summed E-state index contributed by atoms with van der Waals surface area (Å²) in [5.74, 6) is -0.201. The highest BCUT2D eigenvalue weighted by Gasteiger charge is 2.34. The van der Waals surface area contributed by atoms with E-state index < -0.39 is 19.9 Å². The molecule has 0 spiro atoms. The lowest BCUT2D eigenvalue weighted by Crippen LogP contribution is -2.43. The van der Waals surface area contributed by atoms with Crippen LogP contribution >= 0.6 is 11.3 Å². The molecule has 9 heteroatoms. The predicted octanol–water partition coefficient (Wildman–Crippen LogP) is 0.195. The zero-order chi connectivity index (χ0) is 15.0. The lowest BCUT2D eigenvalue weighted by molar-refractivity contribution is 0.430. The lowest BCUT2D eigenvalue weighted by atomic mass is 10.3. The monoisotopic (exact) mass is 338 g/mol. The maximum atomic E-state index is 12.7. The molecule has 2 rings (SSSR count). The van der Waals surface area contributed by atoms with Crippen LogP contribution in [0.5, 0.6) is 0 Å². The highest BCUT2D eigenvalue weighted by molar-refractivity contribution is 7.92. The Bertz CT molecular complexity index is 677. The zero-order valence-corrected chi connectivity index (χ0v) is 13.9. The van der Waals surface area contributed by atoms with Gasteiger partial charge in [-0.1, -0.05) is 0 Å². The molecule has 0 radical (unpaired) electrons. The van der Waals surface area contributed by atoms with Crippen molar-refractivity contribution < 1.29 is 16.8 Å². The number of thiophene rings is 1. The van der Waals surface area contributed by atoms with Gasteiger partial charge in [0.05, 0.1) is 11.5 Å². The number of aryl methyl sites for hydroxylation is 1. The van der Waals surface area contributed by atoms with Crippen molar-refractivity contribution in [3.63, 3.8) is 0 Å². The summed E-state index contributed by atoms with van der Waals surface area (Å²) in [5.41, 5.74) is 0.716. The Kier molecular flexibility index (Phi) is 4.55. The average molecular weight is 338 g/mol. The first kappa shape index (κ1) is 15.9. The molecule has 114 valence electrons. The molecule has 1 N–H and O–H groups in total. The van der Waals surface area contributed by atoms with Crippen LogP contribution in [-0.2, 0) is 26.4 Å². The summed E-state index contributed by atoms with van der Waals surface area (Å²) in [5, 5.41) is 4.78. The summed E-state index contributed by atoms with van der Waals surface area (Å²) in [7, 11) is -4.94. The largest absolute Gasteiger partial charge is 0.315 e. The molecule has 1 aliphatic heterocycles. The smallest absolute Gasteiger partial charge is 0.244 e. The van der Waals surface area contributed by atoms with Gasteiger partial charge >= 0.3 is 0 Å². The molecule has 1 aliphatic rings. The van der Waals surface area contributed by atoms with Gasteiger partial charge in [0.15, 0.2) is 9.84 Å². The molecule has 2 heterocycles. The fraction of sp³-hybridized carbons (Fsp3) is 0.636. The number of hydrogen-bond donors (Lipinski definition) is 1. The number of nitrogens with one attached hydrogen (secondary N) is 1. The predicted molar refractivity (Wildman–Crippen MR) is 79.2 cm³/mol. The molecule has 0 aromatic carbocycles. The van der Waals surface area contributed by atoms with E-state index in [1.165, 1.54) is 15.6 Å². The normalized spacial score (nSPS) is 20.1. The van der Waals surface area contributed by atoms with Crippen LogP contribution in [0.3, 0.4) is 0 Å². The molecule has 1 fully saturated rings. The zero-order valence-electron chi connectivity index (χ0n) is 11.4. The molecule has 0 amide bonds. The van der Waals surface area contributed by atoms with Gasteiger partial charge in [-0.2, -0.15) is 4.31 Å². The van der Waals surface area contributed by atoms with Crippen molar-refractivity contribution in [2.75, 3.05) is 31.6 Å². The first-order chi connectivity index (χ1) is 9.28. The molecule has 0 aliphatic carbocycles. The van der Waals surface area contributed by atoms with Crippen molar-refractivity contribution >= 4 is 31.2 Å². The summed E-state index contributed by atoms with van der Waals surface area (Å²) < 4.78 is 49.5. The maximum Gasteiger partial charge on any atom is 0.244 e. The average Bonchev–Trinajstić information content (AvgIpc) is 2.71. The van der Waals surface area contributed by atoms with Gasteiger partial charge in [0.25, 0.3) is 0 Å². The van der Waals surface area contributed by atoms with E-state index in [1.54, 1.807) is 14.0 Å². The van der Waals surface area contributed by atoms with Crippen LogP contribution in [-0.4, -0.2) is 52.8 Å². The molecule has 1 aromatic rings. The van der Waals surface area contributed by atoms with Crippen LogP contribution in [0.1, 0.15) is 10.4 Å². The molecular formula is C11H18N2O4S3. The third-order valence-corrected chi connectivity index (χ3v) is 8.20. The Morgan fingerprint density at radius 2 is 1.95 bits per heavy atom. The Morgan fingerprint density at radius 1 is 1.35 bits per heavy atom. The minimum Gasteiger partial charge on any atom is -0.315 e. The first-order valence-electron chi connectivity index (χ1n) is 6.20. The van der Waals surface area contributed by atoms with E-state index in [-0.39, 0.29) is 24.6 Å². The second kappa shape index (κ2) is 5.72. The Balaban J connectivity index is 2.34. The Hall–Kier alpha value is -0.480. The molecule has 6 nitrogen and oxygen atoms in total. The molecule has 20 heavy (non-hydrogen) atoms. The summed E-state index contributed by atoms with van der Waals surface area (Å²) >= 11 is 1.40. The van der Waals surface area contributed by atoms with E-state index in [9.17, 15) is 16.8 Å². The summed E-state index contributed by atoms with van der Waals surface area (Å²) in [6, 6.07) is 0. The van der Waals surface area contributed by atoms with Crippen LogP contribution in [0.4, 0.5) is 0 Å². The van der Waals surface area contributed by atoms with Gasteiger partial charge in [-0.05, 0) is 24.9 Å². The molecule has 0 atom stereocenters. The van der Waals surface area contributed by atoms with Crippen LogP contribution in [0.15, 0.2) is 10.3 Å². The van der Waals surface area contributed by atoms with E-state index in [2.05, 4.69) is 5.32 Å². The van der Waals surface area contributed by atoms with Gasteiger partial charge < -0.3 is 5.32 Å². The van der Waals surface area contributed by atoms with Crippen LogP contribution < -0.4 is 5.32 Å². The van der Waals surface area contributed by atoms with E-state index in [0.717, 1.165) is 4.88 Å². The third kappa shape index (κ3) is 3.06. The molecule has 0 saturated carbocycles. The van der Waals surface area contributed by atoms with Gasteiger partial charge in [0.1, 0.15) is 4.90 Å². The van der Waals surface area contributed by atoms with Crippen LogP contribution in [0, 0.1) is 6.92 Å². The summed E-state index contributed by atoms with van der Waals surface area (Å²) in [6.45, 7) is 2.33. The topological polar surface area (TPSA) is 83.6 Å². The minimum atomic E-state index is -3.61. The van der Waals surface area contributed by atoms with Gasteiger partial charge in [0, 0.05) is 24.5 Å². The van der Waals surface area contributed by atoms with Crippen molar-refractivity contribution in [3.05, 3.63) is 15.8 Å². The second-order valence-corrected chi connectivity index (χ2v) is 9.90. The van der Waals surface area contributed by atoms with Crippen molar-refractivity contribution in [3.8, 4) is 0 Å². The molecular weight excluding hydrogens is 320 g/mol. The number of rotatable bonds is 4. The maximum absolute atomic E-state index is 12.7. The molecule has 0 bridgehead atoms.